The van der Waals surface area contributed by atoms with Crippen LogP contribution in [-0.4, -0.2) is 37.1 Å². The lowest BCUT2D eigenvalue weighted by molar-refractivity contribution is 0.202. The zero-order chi connectivity index (χ0) is 17.7. The smallest absolute Gasteiger partial charge is 0.229 e. The average molecular weight is 348 g/mol. The summed E-state index contributed by atoms with van der Waals surface area (Å²) in [7, 11) is 0. The van der Waals surface area contributed by atoms with E-state index < -0.39 is 0 Å². The number of pyridine rings is 1. The van der Waals surface area contributed by atoms with Crippen molar-refractivity contribution in [2.45, 2.75) is 19.7 Å². The molecule has 1 aromatic carbocycles. The minimum Gasteiger partial charge on any atom is -0.453 e. The van der Waals surface area contributed by atoms with Gasteiger partial charge in [-0.2, -0.15) is 10.2 Å². The number of nitrogens with zero attached hydrogens (tertiary/aromatic N) is 5. The van der Waals surface area contributed by atoms with E-state index in [9.17, 15) is 0 Å². The van der Waals surface area contributed by atoms with Gasteiger partial charge in [-0.1, -0.05) is 6.07 Å². The van der Waals surface area contributed by atoms with Crippen LogP contribution in [0.25, 0.3) is 33.1 Å². The van der Waals surface area contributed by atoms with E-state index >= 15 is 0 Å². The number of benzene rings is 1. The highest BCUT2D eigenvalue weighted by molar-refractivity contribution is 6.08. The standard InChI is InChI=1S/C17H16N8O/c1-9-21-23-15(26-9)8-25-7-12-16(24-25)11-3-2-10(13-4-5-19-22-13)6-14(11)20-17(12)18/h2-7,9,21H,8H2,1H3,(H2,18,20)(H,19,22). The molecule has 0 spiro atoms. The molecule has 4 heterocycles. The van der Waals surface area contributed by atoms with E-state index in [2.05, 4.69) is 30.8 Å². The number of anilines is 1. The molecule has 130 valence electrons. The summed E-state index contributed by atoms with van der Waals surface area (Å²) < 4.78 is 7.33. The van der Waals surface area contributed by atoms with Crippen molar-refractivity contribution in [1.29, 1.82) is 0 Å². The molecule has 9 heteroatoms. The van der Waals surface area contributed by atoms with Gasteiger partial charge in [-0.25, -0.2) is 4.98 Å². The van der Waals surface area contributed by atoms with Gasteiger partial charge in [-0.05, 0) is 25.1 Å². The fraction of sp³-hybridized carbons (Fsp3) is 0.176. The average Bonchev–Trinajstić information content (AvgIpc) is 3.36. The van der Waals surface area contributed by atoms with Crippen LogP contribution in [0.1, 0.15) is 6.92 Å². The molecule has 0 fully saturated rings. The van der Waals surface area contributed by atoms with E-state index in [1.54, 1.807) is 10.9 Å². The first-order valence-electron chi connectivity index (χ1n) is 8.22. The van der Waals surface area contributed by atoms with Gasteiger partial charge in [0.1, 0.15) is 17.9 Å². The van der Waals surface area contributed by atoms with Gasteiger partial charge in [0.2, 0.25) is 5.90 Å². The van der Waals surface area contributed by atoms with Crippen molar-refractivity contribution < 1.29 is 4.74 Å². The van der Waals surface area contributed by atoms with Crippen LogP contribution in [0.4, 0.5) is 5.82 Å². The number of rotatable bonds is 3. The molecule has 0 radical (unpaired) electrons. The molecule has 1 unspecified atom stereocenters. The largest absolute Gasteiger partial charge is 0.453 e. The van der Waals surface area contributed by atoms with Gasteiger partial charge in [-0.15, -0.1) is 5.10 Å². The Morgan fingerprint density at radius 1 is 1.27 bits per heavy atom. The topological polar surface area (TPSA) is 119 Å². The molecule has 1 aliphatic rings. The Morgan fingerprint density at radius 2 is 2.19 bits per heavy atom. The quantitative estimate of drug-likeness (QED) is 0.520. The van der Waals surface area contributed by atoms with Crippen molar-refractivity contribution in [2.24, 2.45) is 5.10 Å². The van der Waals surface area contributed by atoms with Gasteiger partial charge in [-0.3, -0.25) is 15.2 Å². The molecule has 1 atom stereocenters. The van der Waals surface area contributed by atoms with Gasteiger partial charge >= 0.3 is 0 Å². The van der Waals surface area contributed by atoms with E-state index in [0.29, 0.717) is 18.3 Å². The minimum absolute atomic E-state index is 0.122. The van der Waals surface area contributed by atoms with Crippen LogP contribution in [-0.2, 0) is 11.3 Å². The van der Waals surface area contributed by atoms with Crippen LogP contribution in [0.15, 0.2) is 41.8 Å². The lowest BCUT2D eigenvalue weighted by Gasteiger charge is -2.04. The Labute approximate surface area is 147 Å². The summed E-state index contributed by atoms with van der Waals surface area (Å²) in [6.07, 6.45) is 3.47. The highest BCUT2D eigenvalue weighted by Crippen LogP contribution is 2.29. The van der Waals surface area contributed by atoms with Crippen molar-refractivity contribution in [3.8, 4) is 11.3 Å². The number of nitrogen functional groups attached to an aromatic ring is 1. The minimum atomic E-state index is -0.122. The SMILES string of the molecule is CC1NN=C(Cn2cc3c(N)nc4cc(-c5ccn[nH]5)ccc4c3n2)O1. The third-order valence-electron chi connectivity index (χ3n) is 4.32. The number of hydrogen-bond donors (Lipinski definition) is 3. The second-order valence-electron chi connectivity index (χ2n) is 6.18. The molecule has 9 nitrogen and oxygen atoms in total. The predicted molar refractivity (Wildman–Crippen MR) is 98.1 cm³/mol. The van der Waals surface area contributed by atoms with Crippen molar-refractivity contribution in [3.63, 3.8) is 0 Å². The first-order chi connectivity index (χ1) is 12.7. The van der Waals surface area contributed by atoms with Crippen LogP contribution >= 0.6 is 0 Å². The Morgan fingerprint density at radius 3 is 2.96 bits per heavy atom. The van der Waals surface area contributed by atoms with Crippen molar-refractivity contribution in [3.05, 3.63) is 36.7 Å². The summed E-state index contributed by atoms with van der Waals surface area (Å²) in [5.41, 5.74) is 12.6. The monoisotopic (exact) mass is 348 g/mol. The third-order valence-corrected chi connectivity index (χ3v) is 4.32. The molecular formula is C17H16N8O. The molecule has 0 saturated heterocycles. The van der Waals surface area contributed by atoms with Crippen molar-refractivity contribution >= 4 is 33.5 Å². The first-order valence-corrected chi connectivity index (χ1v) is 8.22. The lowest BCUT2D eigenvalue weighted by Crippen LogP contribution is -2.18. The number of H-pyrrole nitrogens is 1. The second kappa shape index (κ2) is 5.45. The normalized spacial score (nSPS) is 16.7. The number of fused-ring (bicyclic) bond motifs is 3. The third kappa shape index (κ3) is 2.32. The molecule has 26 heavy (non-hydrogen) atoms. The van der Waals surface area contributed by atoms with Crippen LogP contribution < -0.4 is 11.2 Å². The fourth-order valence-corrected chi connectivity index (χ4v) is 3.12. The highest BCUT2D eigenvalue weighted by atomic mass is 16.5. The Kier molecular flexibility index (Phi) is 3.08. The van der Waals surface area contributed by atoms with E-state index in [4.69, 9.17) is 10.5 Å². The fourth-order valence-electron chi connectivity index (χ4n) is 3.12. The van der Waals surface area contributed by atoms with E-state index in [1.165, 1.54) is 0 Å². The van der Waals surface area contributed by atoms with Crippen LogP contribution in [0.5, 0.6) is 0 Å². The predicted octanol–water partition coefficient (Wildman–Crippen LogP) is 1.84. The van der Waals surface area contributed by atoms with Crippen molar-refractivity contribution in [1.82, 2.24) is 30.4 Å². The van der Waals surface area contributed by atoms with Gasteiger partial charge in [0.25, 0.3) is 0 Å². The van der Waals surface area contributed by atoms with Gasteiger partial charge in [0.15, 0.2) is 6.23 Å². The van der Waals surface area contributed by atoms with Crippen molar-refractivity contribution in [2.75, 3.05) is 5.73 Å². The summed E-state index contributed by atoms with van der Waals surface area (Å²) in [5.74, 6) is 1.03. The molecule has 4 aromatic rings. The number of ether oxygens (including phenoxy) is 1. The number of nitrogens with two attached hydrogens (primary N) is 1. The maximum absolute atomic E-state index is 6.18. The molecule has 3 aromatic heterocycles. The highest BCUT2D eigenvalue weighted by Gasteiger charge is 2.17. The van der Waals surface area contributed by atoms with Crippen LogP contribution in [0.2, 0.25) is 0 Å². The molecule has 0 amide bonds. The number of nitrogens with one attached hydrogen (secondary N) is 2. The van der Waals surface area contributed by atoms with Crippen LogP contribution in [0.3, 0.4) is 0 Å². The Hall–Kier alpha value is -3.62. The summed E-state index contributed by atoms with van der Waals surface area (Å²) in [6, 6.07) is 7.91. The molecular weight excluding hydrogens is 332 g/mol. The Bertz CT molecular complexity index is 1140. The molecule has 0 saturated carbocycles. The Balaban J connectivity index is 1.60. The molecule has 4 N–H and O–H groups in total. The van der Waals surface area contributed by atoms with E-state index in [-0.39, 0.29) is 6.23 Å². The number of aromatic amines is 1. The maximum Gasteiger partial charge on any atom is 0.229 e. The first kappa shape index (κ1) is 14.7. The zero-order valence-corrected chi connectivity index (χ0v) is 14.0. The van der Waals surface area contributed by atoms with Gasteiger partial charge in [0.05, 0.1) is 16.6 Å². The summed E-state index contributed by atoms with van der Waals surface area (Å²) >= 11 is 0. The number of aromatic nitrogens is 5. The number of hydrazone groups is 1. The number of hydrogen-bond acceptors (Lipinski definition) is 7. The lowest BCUT2D eigenvalue weighted by atomic mass is 10.1. The molecule has 0 aliphatic carbocycles. The molecule has 0 bridgehead atoms. The summed E-state index contributed by atoms with van der Waals surface area (Å²) in [6.45, 7) is 2.32. The zero-order valence-electron chi connectivity index (χ0n) is 14.0. The van der Waals surface area contributed by atoms with Gasteiger partial charge < -0.3 is 10.5 Å². The summed E-state index contributed by atoms with van der Waals surface area (Å²) in [5, 5.41) is 17.5. The maximum atomic E-state index is 6.18. The second-order valence-corrected chi connectivity index (χ2v) is 6.18. The molecule has 5 rings (SSSR count). The molecule has 1 aliphatic heterocycles. The summed E-state index contributed by atoms with van der Waals surface area (Å²) in [4.78, 5) is 4.55. The van der Waals surface area contributed by atoms with Crippen LogP contribution in [0, 0.1) is 0 Å². The van der Waals surface area contributed by atoms with E-state index in [1.807, 2.05) is 37.4 Å². The van der Waals surface area contributed by atoms with Gasteiger partial charge in [0, 0.05) is 23.3 Å². The van der Waals surface area contributed by atoms with E-state index in [0.717, 1.165) is 33.1 Å².